The van der Waals surface area contributed by atoms with Crippen molar-refractivity contribution >= 4 is 17.7 Å². The van der Waals surface area contributed by atoms with E-state index in [9.17, 15) is 4.79 Å². The molecule has 0 bridgehead atoms. The molecule has 0 aliphatic carbocycles. The Hall–Kier alpha value is -2.67. The molecule has 1 aromatic heterocycles. The molecule has 2 saturated heterocycles. The Labute approximate surface area is 166 Å². The van der Waals surface area contributed by atoms with Gasteiger partial charge in [-0.05, 0) is 26.1 Å². The Bertz CT molecular complexity index is 811. The molecule has 0 radical (unpaired) electrons. The molecule has 2 aliphatic rings. The van der Waals surface area contributed by atoms with Crippen LogP contribution in [0.3, 0.4) is 0 Å². The second-order valence-electron chi connectivity index (χ2n) is 7.60. The Morgan fingerprint density at radius 1 is 0.857 bits per heavy atom. The number of amides is 1. The van der Waals surface area contributed by atoms with Crippen LogP contribution in [-0.4, -0.2) is 85.1 Å². The van der Waals surface area contributed by atoms with Gasteiger partial charge < -0.3 is 19.6 Å². The first-order valence-electron chi connectivity index (χ1n) is 9.98. The fourth-order valence-corrected chi connectivity index (χ4v) is 3.75. The smallest absolute Gasteiger partial charge is 0.253 e. The van der Waals surface area contributed by atoms with Crippen LogP contribution in [0.1, 0.15) is 16.1 Å². The number of carbonyl (C=O) groups is 1. The lowest BCUT2D eigenvalue weighted by atomic mass is 10.2. The maximum atomic E-state index is 12.6. The molecule has 7 heteroatoms. The lowest BCUT2D eigenvalue weighted by molar-refractivity contribution is 0.0746. The zero-order valence-electron chi connectivity index (χ0n) is 16.7. The monoisotopic (exact) mass is 380 g/mol. The molecule has 0 spiro atoms. The van der Waals surface area contributed by atoms with E-state index >= 15 is 0 Å². The molecule has 2 aliphatic heterocycles. The van der Waals surface area contributed by atoms with Crippen LogP contribution in [0.2, 0.25) is 0 Å². The highest BCUT2D eigenvalue weighted by molar-refractivity contribution is 5.94. The van der Waals surface area contributed by atoms with Crippen LogP contribution in [-0.2, 0) is 0 Å². The molecule has 148 valence electrons. The normalized spacial score (nSPS) is 18.4. The number of likely N-dealkylation sites (N-methyl/N-ethyl adjacent to an activating group) is 1. The highest BCUT2D eigenvalue weighted by Gasteiger charge is 2.24. The van der Waals surface area contributed by atoms with Crippen molar-refractivity contribution in [3.05, 3.63) is 47.7 Å². The van der Waals surface area contributed by atoms with E-state index in [2.05, 4.69) is 32.8 Å². The maximum Gasteiger partial charge on any atom is 0.253 e. The number of carbonyl (C=O) groups excluding carboxylic acids is 1. The number of aryl methyl sites for hydroxylation is 1. The summed E-state index contributed by atoms with van der Waals surface area (Å²) in [4.78, 5) is 31.0. The van der Waals surface area contributed by atoms with Gasteiger partial charge in [0.05, 0.1) is 0 Å². The molecule has 2 aromatic rings. The van der Waals surface area contributed by atoms with Crippen molar-refractivity contribution in [1.29, 1.82) is 0 Å². The highest BCUT2D eigenvalue weighted by Crippen LogP contribution is 2.20. The highest BCUT2D eigenvalue weighted by atomic mass is 16.2. The summed E-state index contributed by atoms with van der Waals surface area (Å²) in [5, 5.41) is 0. The van der Waals surface area contributed by atoms with Gasteiger partial charge in [0.25, 0.3) is 5.91 Å². The first kappa shape index (κ1) is 18.7. The minimum Gasteiger partial charge on any atom is -0.354 e. The van der Waals surface area contributed by atoms with Crippen molar-refractivity contribution < 1.29 is 4.79 Å². The second kappa shape index (κ2) is 8.14. The van der Waals surface area contributed by atoms with Gasteiger partial charge in [-0.2, -0.15) is 4.98 Å². The molecule has 28 heavy (non-hydrogen) atoms. The average Bonchev–Trinajstić information content (AvgIpc) is 2.74. The fourth-order valence-electron chi connectivity index (χ4n) is 3.75. The number of anilines is 2. The minimum atomic E-state index is 0.100. The molecule has 0 unspecified atom stereocenters. The summed E-state index contributed by atoms with van der Waals surface area (Å²) in [6, 6.07) is 11.6. The van der Waals surface area contributed by atoms with Crippen molar-refractivity contribution in [3.8, 4) is 0 Å². The Balaban J connectivity index is 1.42. The van der Waals surface area contributed by atoms with Crippen LogP contribution in [0, 0.1) is 6.92 Å². The summed E-state index contributed by atoms with van der Waals surface area (Å²) in [6.45, 7) is 9.01. The van der Waals surface area contributed by atoms with Crippen molar-refractivity contribution in [1.82, 2.24) is 19.8 Å². The molecule has 0 saturated carbocycles. The SMILES string of the molecule is Cc1cc(N2CCN(C)CC2)nc(N2CCN(C(=O)c3ccccc3)CC2)n1. The van der Waals surface area contributed by atoms with E-state index in [1.165, 1.54) is 0 Å². The molecule has 0 N–H and O–H groups in total. The molecule has 4 rings (SSSR count). The molecular formula is C21H28N6O. The van der Waals surface area contributed by atoms with E-state index in [0.717, 1.165) is 62.3 Å². The van der Waals surface area contributed by atoms with Crippen molar-refractivity contribution in [2.45, 2.75) is 6.92 Å². The van der Waals surface area contributed by atoms with Crippen molar-refractivity contribution in [2.75, 3.05) is 69.2 Å². The summed E-state index contributed by atoms with van der Waals surface area (Å²) < 4.78 is 0. The number of hydrogen-bond donors (Lipinski definition) is 0. The van der Waals surface area contributed by atoms with Crippen molar-refractivity contribution in [3.63, 3.8) is 0 Å². The zero-order chi connectivity index (χ0) is 19.5. The van der Waals surface area contributed by atoms with E-state index in [0.29, 0.717) is 13.1 Å². The van der Waals surface area contributed by atoms with Gasteiger partial charge >= 0.3 is 0 Å². The molecule has 1 aromatic carbocycles. The van der Waals surface area contributed by atoms with Gasteiger partial charge in [-0.3, -0.25) is 4.79 Å². The third-order valence-corrected chi connectivity index (χ3v) is 5.53. The summed E-state index contributed by atoms with van der Waals surface area (Å²) in [7, 11) is 2.16. The van der Waals surface area contributed by atoms with E-state index in [-0.39, 0.29) is 5.91 Å². The lowest BCUT2D eigenvalue weighted by Crippen LogP contribution is -2.49. The van der Waals surface area contributed by atoms with E-state index < -0.39 is 0 Å². The quantitative estimate of drug-likeness (QED) is 0.804. The van der Waals surface area contributed by atoms with Gasteiger partial charge in [0, 0.05) is 69.7 Å². The number of aromatic nitrogens is 2. The van der Waals surface area contributed by atoms with Gasteiger partial charge in [0.2, 0.25) is 5.95 Å². The molecular weight excluding hydrogens is 352 g/mol. The third kappa shape index (κ3) is 4.09. The summed E-state index contributed by atoms with van der Waals surface area (Å²) >= 11 is 0. The minimum absolute atomic E-state index is 0.100. The summed E-state index contributed by atoms with van der Waals surface area (Å²) in [6.07, 6.45) is 0. The van der Waals surface area contributed by atoms with Crippen LogP contribution in [0.4, 0.5) is 11.8 Å². The Morgan fingerprint density at radius 3 is 2.18 bits per heavy atom. The summed E-state index contributed by atoms with van der Waals surface area (Å²) in [5.74, 6) is 1.89. The van der Waals surface area contributed by atoms with Crippen LogP contribution >= 0.6 is 0 Å². The standard InChI is InChI=1S/C21H28N6O/c1-17-16-19(25-10-8-24(2)9-11-25)23-21(22-17)27-14-12-26(13-15-27)20(28)18-6-4-3-5-7-18/h3-7,16H,8-15H2,1-2H3. The predicted octanol–water partition coefficient (Wildman–Crippen LogP) is 1.50. The van der Waals surface area contributed by atoms with Gasteiger partial charge in [-0.15, -0.1) is 0 Å². The lowest BCUT2D eigenvalue weighted by Gasteiger charge is -2.36. The van der Waals surface area contributed by atoms with Crippen LogP contribution < -0.4 is 9.80 Å². The molecule has 0 atom stereocenters. The topological polar surface area (TPSA) is 55.8 Å². The number of nitrogens with zero attached hydrogens (tertiary/aromatic N) is 6. The number of benzene rings is 1. The molecule has 7 nitrogen and oxygen atoms in total. The van der Waals surface area contributed by atoms with Gasteiger partial charge in [0.15, 0.2) is 0 Å². The molecule has 2 fully saturated rings. The summed E-state index contributed by atoms with van der Waals surface area (Å²) in [5.41, 5.74) is 1.74. The van der Waals surface area contributed by atoms with Crippen LogP contribution in [0.25, 0.3) is 0 Å². The predicted molar refractivity (Wildman–Crippen MR) is 111 cm³/mol. The first-order valence-corrected chi connectivity index (χ1v) is 9.98. The average molecular weight is 380 g/mol. The Kier molecular flexibility index (Phi) is 5.43. The van der Waals surface area contributed by atoms with Crippen LogP contribution in [0.15, 0.2) is 36.4 Å². The van der Waals surface area contributed by atoms with E-state index in [4.69, 9.17) is 4.98 Å². The maximum absolute atomic E-state index is 12.6. The third-order valence-electron chi connectivity index (χ3n) is 5.53. The zero-order valence-corrected chi connectivity index (χ0v) is 16.7. The van der Waals surface area contributed by atoms with Crippen LogP contribution in [0.5, 0.6) is 0 Å². The number of rotatable bonds is 3. The van der Waals surface area contributed by atoms with E-state index in [1.54, 1.807) is 0 Å². The van der Waals surface area contributed by atoms with Gasteiger partial charge in [-0.25, -0.2) is 4.98 Å². The fraction of sp³-hybridized carbons (Fsp3) is 0.476. The first-order chi connectivity index (χ1) is 13.6. The Morgan fingerprint density at radius 2 is 1.50 bits per heavy atom. The largest absolute Gasteiger partial charge is 0.354 e. The van der Waals surface area contributed by atoms with E-state index in [1.807, 2.05) is 42.2 Å². The molecule has 1 amide bonds. The van der Waals surface area contributed by atoms with Crippen molar-refractivity contribution in [2.24, 2.45) is 0 Å². The molecule has 3 heterocycles. The number of hydrogen-bond acceptors (Lipinski definition) is 6. The number of piperazine rings is 2. The van der Waals surface area contributed by atoms with Gasteiger partial charge in [-0.1, -0.05) is 18.2 Å². The second-order valence-corrected chi connectivity index (χ2v) is 7.60. The van der Waals surface area contributed by atoms with Gasteiger partial charge in [0.1, 0.15) is 5.82 Å².